The van der Waals surface area contributed by atoms with Crippen molar-refractivity contribution >= 4 is 34.2 Å². The van der Waals surface area contributed by atoms with E-state index in [0.29, 0.717) is 16.2 Å². The molecule has 0 aliphatic heterocycles. The van der Waals surface area contributed by atoms with Crippen molar-refractivity contribution in [2.45, 2.75) is 0 Å². The van der Waals surface area contributed by atoms with Crippen LogP contribution in [0.15, 0.2) is 36.4 Å². The van der Waals surface area contributed by atoms with Gasteiger partial charge in [0.2, 0.25) is 5.28 Å². The van der Waals surface area contributed by atoms with Gasteiger partial charge in [0.15, 0.2) is 5.15 Å². The van der Waals surface area contributed by atoms with E-state index in [1.165, 1.54) is 0 Å². The van der Waals surface area contributed by atoms with Crippen LogP contribution in [0.4, 0.5) is 0 Å². The zero-order valence-electron chi connectivity index (χ0n) is 8.61. The highest BCUT2D eigenvalue weighted by atomic mass is 35.5. The molecular formula is C12H7Cl2N3. The first-order valence-electron chi connectivity index (χ1n) is 5.01. The highest BCUT2D eigenvalue weighted by Crippen LogP contribution is 2.27. The molecule has 3 aromatic rings. The molecule has 5 heteroatoms. The van der Waals surface area contributed by atoms with Gasteiger partial charge in [-0.2, -0.15) is 0 Å². The van der Waals surface area contributed by atoms with Crippen LogP contribution < -0.4 is 0 Å². The quantitative estimate of drug-likeness (QED) is 0.534. The minimum atomic E-state index is 0.154. The fourth-order valence-corrected chi connectivity index (χ4v) is 2.17. The van der Waals surface area contributed by atoms with E-state index in [-0.39, 0.29) is 5.28 Å². The lowest BCUT2D eigenvalue weighted by molar-refractivity contribution is 1.22. The molecule has 0 fully saturated rings. The molecule has 0 atom stereocenters. The van der Waals surface area contributed by atoms with E-state index in [1.807, 2.05) is 36.4 Å². The lowest BCUT2D eigenvalue weighted by atomic mass is 10.2. The van der Waals surface area contributed by atoms with E-state index >= 15 is 0 Å². The second-order valence-corrected chi connectivity index (χ2v) is 4.29. The van der Waals surface area contributed by atoms with E-state index in [1.54, 1.807) is 0 Å². The molecule has 2 aromatic heterocycles. The van der Waals surface area contributed by atoms with Crippen LogP contribution in [0.25, 0.3) is 22.3 Å². The summed E-state index contributed by atoms with van der Waals surface area (Å²) < 4.78 is 0. The second kappa shape index (κ2) is 4.02. The monoisotopic (exact) mass is 263 g/mol. The third kappa shape index (κ3) is 1.88. The highest BCUT2D eigenvalue weighted by molar-refractivity contribution is 6.35. The minimum Gasteiger partial charge on any atom is -0.351 e. The number of benzene rings is 1. The Balaban J connectivity index is 2.24. The third-order valence-electron chi connectivity index (χ3n) is 2.49. The van der Waals surface area contributed by atoms with Crippen LogP contribution in [0.1, 0.15) is 0 Å². The molecule has 0 bridgehead atoms. The Kier molecular flexibility index (Phi) is 2.50. The topological polar surface area (TPSA) is 41.6 Å². The van der Waals surface area contributed by atoms with Crippen LogP contribution in [0.5, 0.6) is 0 Å². The van der Waals surface area contributed by atoms with Gasteiger partial charge >= 0.3 is 0 Å². The fraction of sp³-hybridized carbons (Fsp3) is 0. The molecule has 17 heavy (non-hydrogen) atoms. The van der Waals surface area contributed by atoms with Gasteiger partial charge in [-0.05, 0) is 23.2 Å². The molecule has 0 aliphatic carbocycles. The third-order valence-corrected chi connectivity index (χ3v) is 2.93. The number of fused-ring (bicyclic) bond motifs is 1. The molecule has 1 aromatic carbocycles. The van der Waals surface area contributed by atoms with Crippen LogP contribution in [-0.2, 0) is 0 Å². The maximum absolute atomic E-state index is 6.00. The van der Waals surface area contributed by atoms with E-state index in [2.05, 4.69) is 15.0 Å². The number of nitrogens with one attached hydrogen (secondary N) is 1. The van der Waals surface area contributed by atoms with E-state index < -0.39 is 0 Å². The number of rotatable bonds is 1. The zero-order chi connectivity index (χ0) is 11.8. The molecule has 0 radical (unpaired) electrons. The van der Waals surface area contributed by atoms with Crippen molar-refractivity contribution < 1.29 is 0 Å². The lowest BCUT2D eigenvalue weighted by Gasteiger charge is -1.95. The molecular weight excluding hydrogens is 257 g/mol. The van der Waals surface area contributed by atoms with Gasteiger partial charge in [-0.3, -0.25) is 0 Å². The van der Waals surface area contributed by atoms with Crippen molar-refractivity contribution in [1.29, 1.82) is 0 Å². The number of halogens is 2. The summed E-state index contributed by atoms with van der Waals surface area (Å²) in [6, 6.07) is 11.8. The van der Waals surface area contributed by atoms with Gasteiger partial charge in [0.25, 0.3) is 0 Å². The van der Waals surface area contributed by atoms with E-state index in [4.69, 9.17) is 23.2 Å². The summed E-state index contributed by atoms with van der Waals surface area (Å²) >= 11 is 11.8. The molecule has 2 heterocycles. The zero-order valence-corrected chi connectivity index (χ0v) is 10.1. The van der Waals surface area contributed by atoms with Crippen molar-refractivity contribution in [3.63, 3.8) is 0 Å². The van der Waals surface area contributed by atoms with Gasteiger partial charge in [0.1, 0.15) is 5.52 Å². The van der Waals surface area contributed by atoms with Crippen molar-refractivity contribution in [3.8, 4) is 11.3 Å². The average Bonchev–Trinajstić information content (AvgIpc) is 2.74. The number of hydrogen-bond donors (Lipinski definition) is 1. The maximum Gasteiger partial charge on any atom is 0.224 e. The summed E-state index contributed by atoms with van der Waals surface area (Å²) in [7, 11) is 0. The standard InChI is InChI=1S/C12H7Cl2N3/c13-11-10-9(16-12(14)17-11)6-8(15-10)7-4-2-1-3-5-7/h1-6,15H. The lowest BCUT2D eigenvalue weighted by Crippen LogP contribution is -1.83. The summed E-state index contributed by atoms with van der Waals surface area (Å²) in [5.74, 6) is 0. The Morgan fingerprint density at radius 1 is 1.00 bits per heavy atom. The van der Waals surface area contributed by atoms with Gasteiger partial charge in [0.05, 0.1) is 5.52 Å². The van der Waals surface area contributed by atoms with Crippen molar-refractivity contribution in [1.82, 2.24) is 15.0 Å². The molecule has 0 spiro atoms. The molecule has 1 N–H and O–H groups in total. The Hall–Kier alpha value is -1.58. The fourth-order valence-electron chi connectivity index (χ4n) is 1.72. The van der Waals surface area contributed by atoms with Gasteiger partial charge in [0, 0.05) is 5.69 Å². The SMILES string of the molecule is Clc1nc(Cl)c2[nH]c(-c3ccccc3)cc2n1. The molecule has 3 rings (SSSR count). The number of aromatic nitrogens is 3. The molecule has 0 aliphatic rings. The van der Waals surface area contributed by atoms with Crippen LogP contribution in [0.2, 0.25) is 10.4 Å². The van der Waals surface area contributed by atoms with Crippen molar-refractivity contribution in [2.75, 3.05) is 0 Å². The van der Waals surface area contributed by atoms with Crippen LogP contribution in [-0.4, -0.2) is 15.0 Å². The predicted octanol–water partition coefficient (Wildman–Crippen LogP) is 3.93. The summed E-state index contributed by atoms with van der Waals surface area (Å²) in [6.07, 6.45) is 0. The second-order valence-electron chi connectivity index (χ2n) is 3.59. The van der Waals surface area contributed by atoms with E-state index in [0.717, 1.165) is 11.3 Å². The maximum atomic E-state index is 6.00. The Labute approximate surface area is 107 Å². The first-order valence-corrected chi connectivity index (χ1v) is 5.77. The van der Waals surface area contributed by atoms with E-state index in [9.17, 15) is 0 Å². The summed E-state index contributed by atoms with van der Waals surface area (Å²) in [4.78, 5) is 11.2. The van der Waals surface area contributed by atoms with Gasteiger partial charge in [-0.1, -0.05) is 41.9 Å². The molecule has 84 valence electrons. The van der Waals surface area contributed by atoms with Crippen LogP contribution >= 0.6 is 23.2 Å². The average molecular weight is 264 g/mol. The first-order chi connectivity index (χ1) is 8.24. The number of H-pyrrole nitrogens is 1. The summed E-state index contributed by atoms with van der Waals surface area (Å²) in [5.41, 5.74) is 3.43. The number of hydrogen-bond acceptors (Lipinski definition) is 2. The van der Waals surface area contributed by atoms with Gasteiger partial charge in [-0.25, -0.2) is 9.97 Å². The normalized spacial score (nSPS) is 10.9. The Morgan fingerprint density at radius 2 is 1.76 bits per heavy atom. The Morgan fingerprint density at radius 3 is 2.53 bits per heavy atom. The summed E-state index contributed by atoms with van der Waals surface area (Å²) in [6.45, 7) is 0. The molecule has 3 nitrogen and oxygen atoms in total. The van der Waals surface area contributed by atoms with Crippen LogP contribution in [0, 0.1) is 0 Å². The summed E-state index contributed by atoms with van der Waals surface area (Å²) in [5, 5.41) is 0.489. The van der Waals surface area contributed by atoms with Crippen molar-refractivity contribution in [3.05, 3.63) is 46.8 Å². The largest absolute Gasteiger partial charge is 0.351 e. The molecule has 0 unspecified atom stereocenters. The van der Waals surface area contributed by atoms with Gasteiger partial charge < -0.3 is 4.98 Å². The number of nitrogens with zero attached hydrogens (tertiary/aromatic N) is 2. The van der Waals surface area contributed by atoms with Gasteiger partial charge in [-0.15, -0.1) is 0 Å². The first kappa shape index (κ1) is 10.6. The molecule has 0 saturated carbocycles. The smallest absolute Gasteiger partial charge is 0.224 e. The van der Waals surface area contributed by atoms with Crippen molar-refractivity contribution in [2.24, 2.45) is 0 Å². The highest BCUT2D eigenvalue weighted by Gasteiger charge is 2.09. The molecule has 0 saturated heterocycles. The minimum absolute atomic E-state index is 0.154. The van der Waals surface area contributed by atoms with Crippen LogP contribution in [0.3, 0.4) is 0 Å². The Bertz CT molecular complexity index is 677. The number of aromatic amines is 1. The molecule has 0 amide bonds. The predicted molar refractivity (Wildman–Crippen MR) is 69.3 cm³/mol.